The number of carbonyl (C=O) groups is 2. The molecule has 1 saturated heterocycles. The van der Waals surface area contributed by atoms with Crippen molar-refractivity contribution in [2.24, 2.45) is 5.73 Å². The van der Waals surface area contributed by atoms with Crippen LogP contribution >= 0.6 is 0 Å². The Kier molecular flexibility index (Phi) is 7.03. The van der Waals surface area contributed by atoms with Gasteiger partial charge in [0.05, 0.1) is 11.0 Å². The van der Waals surface area contributed by atoms with E-state index in [0.717, 1.165) is 12.8 Å². The SMILES string of the molecule is NC(=O)COc1ccc(NC(=O)c2cccc(S(=O)(=O)NCC3CCCO3)c2)cc1. The van der Waals surface area contributed by atoms with E-state index in [0.29, 0.717) is 18.0 Å². The highest BCUT2D eigenvalue weighted by Crippen LogP contribution is 2.18. The molecule has 1 atom stereocenters. The van der Waals surface area contributed by atoms with E-state index in [4.69, 9.17) is 15.2 Å². The number of ether oxygens (including phenoxy) is 2. The lowest BCUT2D eigenvalue weighted by Crippen LogP contribution is -2.32. The second-order valence-corrected chi connectivity index (χ2v) is 8.52. The fourth-order valence-corrected chi connectivity index (χ4v) is 4.00. The molecule has 0 aliphatic carbocycles. The van der Waals surface area contributed by atoms with Crippen molar-refractivity contribution in [1.82, 2.24) is 4.72 Å². The molecule has 3 rings (SSSR count). The summed E-state index contributed by atoms with van der Waals surface area (Å²) < 4.78 is 38.2. The van der Waals surface area contributed by atoms with Crippen LogP contribution in [-0.4, -0.2) is 46.1 Å². The monoisotopic (exact) mass is 433 g/mol. The molecule has 0 spiro atoms. The summed E-state index contributed by atoms with van der Waals surface area (Å²) in [6, 6.07) is 12.1. The highest BCUT2D eigenvalue weighted by molar-refractivity contribution is 7.89. The standard InChI is InChI=1S/C20H23N3O6S/c21-19(24)13-29-16-8-6-15(7-9-16)23-20(25)14-3-1-5-18(11-14)30(26,27)22-12-17-4-2-10-28-17/h1,3,5-9,11,17,22H,2,4,10,12-13H2,(H2,21,24)(H,23,25). The third-order valence-corrected chi connectivity index (χ3v) is 5.85. The van der Waals surface area contributed by atoms with E-state index in [-0.39, 0.29) is 29.7 Å². The quantitative estimate of drug-likeness (QED) is 0.545. The second kappa shape index (κ2) is 9.70. The second-order valence-electron chi connectivity index (χ2n) is 6.75. The fourth-order valence-electron chi connectivity index (χ4n) is 2.89. The van der Waals surface area contributed by atoms with Crippen LogP contribution in [0.4, 0.5) is 5.69 Å². The number of nitrogens with two attached hydrogens (primary N) is 1. The molecule has 10 heteroatoms. The topological polar surface area (TPSA) is 137 Å². The Balaban J connectivity index is 1.63. The van der Waals surface area contributed by atoms with Crippen molar-refractivity contribution in [3.05, 3.63) is 54.1 Å². The predicted octanol–water partition coefficient (Wildman–Crippen LogP) is 1.26. The van der Waals surface area contributed by atoms with Gasteiger partial charge in [0.25, 0.3) is 11.8 Å². The summed E-state index contributed by atoms with van der Waals surface area (Å²) in [4.78, 5) is 23.3. The van der Waals surface area contributed by atoms with Gasteiger partial charge in [-0.25, -0.2) is 13.1 Å². The lowest BCUT2D eigenvalue weighted by Gasteiger charge is -2.12. The van der Waals surface area contributed by atoms with E-state index in [9.17, 15) is 18.0 Å². The van der Waals surface area contributed by atoms with Crippen molar-refractivity contribution in [2.45, 2.75) is 23.8 Å². The average Bonchev–Trinajstić information content (AvgIpc) is 3.26. The number of hydrogen-bond acceptors (Lipinski definition) is 6. The Morgan fingerprint density at radius 3 is 2.60 bits per heavy atom. The number of amides is 2. The van der Waals surface area contributed by atoms with Gasteiger partial charge in [-0.2, -0.15) is 0 Å². The van der Waals surface area contributed by atoms with Crippen molar-refractivity contribution in [2.75, 3.05) is 25.1 Å². The molecule has 1 aliphatic rings. The zero-order chi connectivity index (χ0) is 21.6. The fraction of sp³-hybridized carbons (Fsp3) is 0.300. The number of rotatable bonds is 9. The largest absolute Gasteiger partial charge is 0.484 e. The summed E-state index contributed by atoms with van der Waals surface area (Å²) >= 11 is 0. The molecular weight excluding hydrogens is 410 g/mol. The summed E-state index contributed by atoms with van der Waals surface area (Å²) in [7, 11) is -3.76. The van der Waals surface area contributed by atoms with Crippen LogP contribution < -0.4 is 20.5 Å². The van der Waals surface area contributed by atoms with Crippen LogP contribution in [0.2, 0.25) is 0 Å². The highest BCUT2D eigenvalue weighted by Gasteiger charge is 2.21. The number of benzene rings is 2. The Morgan fingerprint density at radius 1 is 1.17 bits per heavy atom. The maximum absolute atomic E-state index is 12.5. The zero-order valence-corrected chi connectivity index (χ0v) is 17.0. The van der Waals surface area contributed by atoms with Crippen LogP contribution in [0.25, 0.3) is 0 Å². The maximum atomic E-state index is 12.5. The molecule has 0 radical (unpaired) electrons. The summed E-state index contributed by atoms with van der Waals surface area (Å²) in [6.45, 7) is 0.594. The summed E-state index contributed by atoms with van der Waals surface area (Å²) in [6.07, 6.45) is 1.61. The highest BCUT2D eigenvalue weighted by atomic mass is 32.2. The molecule has 2 aromatic carbocycles. The molecule has 2 aromatic rings. The maximum Gasteiger partial charge on any atom is 0.255 e. The molecule has 0 saturated carbocycles. The summed E-state index contributed by atoms with van der Waals surface area (Å²) in [5.41, 5.74) is 5.70. The molecule has 0 aromatic heterocycles. The van der Waals surface area contributed by atoms with Gasteiger partial charge in [0.1, 0.15) is 5.75 Å². The first-order valence-corrected chi connectivity index (χ1v) is 10.9. The molecular formula is C20H23N3O6S. The average molecular weight is 433 g/mol. The number of hydrogen-bond donors (Lipinski definition) is 3. The zero-order valence-electron chi connectivity index (χ0n) is 16.2. The first-order chi connectivity index (χ1) is 14.3. The Bertz CT molecular complexity index is 1000. The van der Waals surface area contributed by atoms with Gasteiger partial charge in [0, 0.05) is 24.4 Å². The van der Waals surface area contributed by atoms with E-state index in [1.165, 1.54) is 24.3 Å². The van der Waals surface area contributed by atoms with Crippen molar-refractivity contribution in [3.63, 3.8) is 0 Å². The van der Waals surface area contributed by atoms with Gasteiger partial charge in [-0.15, -0.1) is 0 Å². The lowest BCUT2D eigenvalue weighted by molar-refractivity contribution is -0.119. The molecule has 2 amide bonds. The summed E-state index contributed by atoms with van der Waals surface area (Å²) in [5.74, 6) is -0.623. The van der Waals surface area contributed by atoms with Crippen LogP contribution in [0.1, 0.15) is 23.2 Å². The number of sulfonamides is 1. The lowest BCUT2D eigenvalue weighted by atomic mass is 10.2. The van der Waals surface area contributed by atoms with E-state index >= 15 is 0 Å². The third kappa shape index (κ3) is 6.02. The first kappa shape index (κ1) is 21.8. The molecule has 1 unspecified atom stereocenters. The smallest absolute Gasteiger partial charge is 0.255 e. The normalized spacial score (nSPS) is 16.2. The van der Waals surface area contributed by atoms with E-state index in [2.05, 4.69) is 10.0 Å². The minimum atomic E-state index is -3.76. The Morgan fingerprint density at radius 2 is 1.93 bits per heavy atom. The van der Waals surface area contributed by atoms with E-state index < -0.39 is 21.8 Å². The molecule has 30 heavy (non-hydrogen) atoms. The van der Waals surface area contributed by atoms with Gasteiger partial charge in [-0.1, -0.05) is 6.07 Å². The molecule has 1 heterocycles. The first-order valence-electron chi connectivity index (χ1n) is 9.37. The van der Waals surface area contributed by atoms with Gasteiger partial charge < -0.3 is 20.5 Å². The van der Waals surface area contributed by atoms with Crippen molar-refractivity contribution in [3.8, 4) is 5.75 Å². The number of primary amides is 1. The van der Waals surface area contributed by atoms with E-state index in [1.807, 2.05) is 0 Å². The summed E-state index contributed by atoms with van der Waals surface area (Å²) in [5, 5.41) is 2.68. The van der Waals surface area contributed by atoms with Crippen LogP contribution in [0.3, 0.4) is 0 Å². The Labute approximate surface area is 174 Å². The van der Waals surface area contributed by atoms with Gasteiger partial charge in [-0.05, 0) is 55.3 Å². The van der Waals surface area contributed by atoms with Crippen LogP contribution in [0.15, 0.2) is 53.4 Å². The van der Waals surface area contributed by atoms with Crippen LogP contribution in [0, 0.1) is 0 Å². The van der Waals surface area contributed by atoms with Crippen molar-refractivity contribution < 1.29 is 27.5 Å². The number of anilines is 1. The van der Waals surface area contributed by atoms with Crippen LogP contribution in [-0.2, 0) is 19.6 Å². The number of carbonyl (C=O) groups excluding carboxylic acids is 2. The molecule has 160 valence electrons. The molecule has 9 nitrogen and oxygen atoms in total. The van der Waals surface area contributed by atoms with Gasteiger partial charge in [0.15, 0.2) is 6.61 Å². The number of nitrogens with one attached hydrogen (secondary N) is 2. The molecule has 0 bridgehead atoms. The molecule has 1 aliphatic heterocycles. The van der Waals surface area contributed by atoms with Gasteiger partial charge >= 0.3 is 0 Å². The Hall–Kier alpha value is -2.95. The van der Waals surface area contributed by atoms with Crippen LogP contribution in [0.5, 0.6) is 5.75 Å². The van der Waals surface area contributed by atoms with Gasteiger partial charge in [0.2, 0.25) is 10.0 Å². The molecule has 4 N–H and O–H groups in total. The van der Waals surface area contributed by atoms with Crippen molar-refractivity contribution in [1.29, 1.82) is 0 Å². The van der Waals surface area contributed by atoms with Gasteiger partial charge in [-0.3, -0.25) is 9.59 Å². The minimum Gasteiger partial charge on any atom is -0.484 e. The minimum absolute atomic E-state index is 0.00310. The molecule has 1 fully saturated rings. The third-order valence-electron chi connectivity index (χ3n) is 4.42. The van der Waals surface area contributed by atoms with Crippen molar-refractivity contribution >= 4 is 27.5 Å². The predicted molar refractivity (Wildman–Crippen MR) is 110 cm³/mol. The van der Waals surface area contributed by atoms with E-state index in [1.54, 1.807) is 24.3 Å².